The van der Waals surface area contributed by atoms with E-state index in [0.29, 0.717) is 31.6 Å². The second-order valence-electron chi connectivity index (χ2n) is 9.11. The fraction of sp³-hybridized carbons (Fsp3) is 0.370. The summed E-state index contributed by atoms with van der Waals surface area (Å²) < 4.78 is 11.3. The maximum absolute atomic E-state index is 12.9. The first-order valence-electron chi connectivity index (χ1n) is 12.2. The van der Waals surface area contributed by atoms with Gasteiger partial charge in [-0.2, -0.15) is 0 Å². The second kappa shape index (κ2) is 10.7. The minimum Gasteiger partial charge on any atom is -0.492 e. The summed E-state index contributed by atoms with van der Waals surface area (Å²) in [6.07, 6.45) is 4.21. The number of amides is 2. The highest BCUT2D eigenvalue weighted by Gasteiger charge is 2.27. The van der Waals surface area contributed by atoms with E-state index in [1.807, 2.05) is 48.5 Å². The average Bonchev–Trinajstić information content (AvgIpc) is 3.53. The number of benzene rings is 2. The Kier molecular flexibility index (Phi) is 7.09. The number of carbonyl (C=O) groups excluding carboxylic acids is 2. The van der Waals surface area contributed by atoms with Crippen LogP contribution in [0.3, 0.4) is 0 Å². The van der Waals surface area contributed by atoms with Gasteiger partial charge in [0.2, 0.25) is 5.91 Å². The van der Waals surface area contributed by atoms with Crippen molar-refractivity contribution in [1.29, 1.82) is 0 Å². The molecule has 35 heavy (non-hydrogen) atoms. The number of aromatic nitrogens is 1. The largest absolute Gasteiger partial charge is 0.492 e. The van der Waals surface area contributed by atoms with Crippen molar-refractivity contribution in [3.05, 3.63) is 77.2 Å². The van der Waals surface area contributed by atoms with Crippen molar-refractivity contribution in [2.75, 3.05) is 31.6 Å². The number of aryl methyl sites for hydroxylation is 1. The molecule has 2 N–H and O–H groups in total. The van der Waals surface area contributed by atoms with Crippen LogP contribution in [-0.4, -0.2) is 54.2 Å². The Labute approximate surface area is 204 Å². The Balaban J connectivity index is 1.16. The molecule has 2 aromatic carbocycles. The Morgan fingerprint density at radius 3 is 2.80 bits per heavy atom. The van der Waals surface area contributed by atoms with E-state index in [1.165, 1.54) is 12.8 Å². The Hall–Kier alpha value is -3.65. The monoisotopic (exact) mass is 474 g/mol. The maximum atomic E-state index is 12.9. The highest BCUT2D eigenvalue weighted by Crippen LogP contribution is 2.27. The van der Waals surface area contributed by atoms with Gasteiger partial charge in [-0.1, -0.05) is 41.6 Å². The van der Waals surface area contributed by atoms with E-state index in [9.17, 15) is 9.59 Å². The molecule has 182 valence electrons. The number of hydrogen-bond donors (Lipinski definition) is 2. The zero-order valence-electron chi connectivity index (χ0n) is 19.7. The molecule has 8 heteroatoms. The fourth-order valence-electron chi connectivity index (χ4n) is 4.60. The lowest BCUT2D eigenvalue weighted by Gasteiger charge is -2.16. The molecule has 1 aromatic heterocycles. The standard InChI is InChI=1S/C27H30N4O4/c32-26-23(28-27(33)25-18-22(35-30-25)16-19-6-2-1-3-7-19)11-9-20-8-10-21(17-24(20)29-26)34-15-14-31-12-4-5-13-31/h1-3,6-8,10,17-18,23H,4-5,9,11-16H2,(H,28,33)(H,29,32). The number of anilines is 1. The van der Waals surface area contributed by atoms with Crippen LogP contribution in [0.5, 0.6) is 5.75 Å². The van der Waals surface area contributed by atoms with Gasteiger partial charge in [0.1, 0.15) is 24.2 Å². The molecule has 1 saturated heterocycles. The molecule has 1 unspecified atom stereocenters. The maximum Gasteiger partial charge on any atom is 0.274 e. The lowest BCUT2D eigenvalue weighted by molar-refractivity contribution is -0.118. The third-order valence-electron chi connectivity index (χ3n) is 6.55. The van der Waals surface area contributed by atoms with Crippen LogP contribution in [0.1, 0.15) is 46.6 Å². The molecule has 2 aliphatic rings. The van der Waals surface area contributed by atoms with E-state index in [1.54, 1.807) is 6.07 Å². The van der Waals surface area contributed by atoms with E-state index >= 15 is 0 Å². The van der Waals surface area contributed by atoms with E-state index in [-0.39, 0.29) is 11.6 Å². The predicted molar refractivity (Wildman–Crippen MR) is 132 cm³/mol. The summed E-state index contributed by atoms with van der Waals surface area (Å²) in [5.41, 5.74) is 2.99. The normalized spacial score (nSPS) is 17.9. The third-order valence-corrected chi connectivity index (χ3v) is 6.55. The van der Waals surface area contributed by atoms with Gasteiger partial charge >= 0.3 is 0 Å². The van der Waals surface area contributed by atoms with E-state index in [2.05, 4.69) is 20.7 Å². The van der Waals surface area contributed by atoms with Gasteiger partial charge < -0.3 is 19.9 Å². The summed E-state index contributed by atoms with van der Waals surface area (Å²) in [6.45, 7) is 3.81. The first-order valence-corrected chi connectivity index (χ1v) is 12.2. The van der Waals surface area contributed by atoms with Crippen molar-refractivity contribution in [2.45, 2.75) is 38.1 Å². The number of hydrogen-bond acceptors (Lipinski definition) is 6. The summed E-state index contributed by atoms with van der Waals surface area (Å²) in [6, 6.07) is 16.6. The van der Waals surface area contributed by atoms with Crippen molar-refractivity contribution >= 4 is 17.5 Å². The number of nitrogens with zero attached hydrogens (tertiary/aromatic N) is 2. The molecular weight excluding hydrogens is 444 g/mol. The molecule has 2 aliphatic heterocycles. The molecule has 0 radical (unpaired) electrons. The molecule has 3 aromatic rings. The molecule has 1 fully saturated rings. The van der Waals surface area contributed by atoms with E-state index in [0.717, 1.165) is 42.2 Å². The Morgan fingerprint density at radius 1 is 1.14 bits per heavy atom. The average molecular weight is 475 g/mol. The van der Waals surface area contributed by atoms with Crippen LogP contribution >= 0.6 is 0 Å². The van der Waals surface area contributed by atoms with Crippen molar-refractivity contribution in [3.8, 4) is 5.75 Å². The molecular formula is C27H30N4O4. The van der Waals surface area contributed by atoms with Crippen LogP contribution in [0.2, 0.25) is 0 Å². The first-order chi connectivity index (χ1) is 17.1. The summed E-state index contributed by atoms with van der Waals surface area (Å²) >= 11 is 0. The Morgan fingerprint density at radius 2 is 1.97 bits per heavy atom. The van der Waals surface area contributed by atoms with Crippen molar-refractivity contribution in [2.24, 2.45) is 0 Å². The molecule has 2 amide bonds. The van der Waals surface area contributed by atoms with Gasteiger partial charge in [-0.05, 0) is 56.0 Å². The minimum atomic E-state index is -0.663. The number of carbonyl (C=O) groups is 2. The zero-order chi connectivity index (χ0) is 24.0. The van der Waals surface area contributed by atoms with Crippen LogP contribution in [0, 0.1) is 0 Å². The topological polar surface area (TPSA) is 96.7 Å². The van der Waals surface area contributed by atoms with Crippen molar-refractivity contribution < 1.29 is 18.8 Å². The van der Waals surface area contributed by atoms with Crippen molar-refractivity contribution in [1.82, 2.24) is 15.4 Å². The van der Waals surface area contributed by atoms with Gasteiger partial charge in [0, 0.05) is 30.8 Å². The SMILES string of the molecule is O=C(NC1CCc2ccc(OCCN3CCCC3)cc2NC1=O)c1cc(Cc2ccccc2)on1. The number of fused-ring (bicyclic) bond motifs is 1. The Bertz CT molecular complexity index is 1170. The minimum absolute atomic E-state index is 0.166. The summed E-state index contributed by atoms with van der Waals surface area (Å²) in [7, 11) is 0. The summed E-state index contributed by atoms with van der Waals surface area (Å²) in [5.74, 6) is 0.653. The molecule has 5 rings (SSSR count). The van der Waals surface area contributed by atoms with Crippen LogP contribution in [0.4, 0.5) is 5.69 Å². The zero-order valence-corrected chi connectivity index (χ0v) is 19.7. The molecule has 0 spiro atoms. The first kappa shape index (κ1) is 23.1. The van der Waals surface area contributed by atoms with Gasteiger partial charge in [-0.15, -0.1) is 0 Å². The van der Waals surface area contributed by atoms with Crippen molar-refractivity contribution in [3.63, 3.8) is 0 Å². The predicted octanol–water partition coefficient (Wildman–Crippen LogP) is 3.42. The van der Waals surface area contributed by atoms with Gasteiger partial charge in [0.25, 0.3) is 5.91 Å². The van der Waals surface area contributed by atoms with Crippen LogP contribution in [-0.2, 0) is 17.6 Å². The molecule has 8 nitrogen and oxygen atoms in total. The molecule has 0 saturated carbocycles. The smallest absolute Gasteiger partial charge is 0.274 e. The number of rotatable bonds is 8. The number of likely N-dealkylation sites (tertiary alicyclic amines) is 1. The molecule has 1 atom stereocenters. The van der Waals surface area contributed by atoms with E-state index < -0.39 is 11.9 Å². The van der Waals surface area contributed by atoms with Crippen LogP contribution in [0.25, 0.3) is 0 Å². The summed E-state index contributed by atoms with van der Waals surface area (Å²) in [5, 5.41) is 9.65. The van der Waals surface area contributed by atoms with Crippen LogP contribution in [0.15, 0.2) is 59.1 Å². The van der Waals surface area contributed by atoms with Gasteiger partial charge in [0.05, 0.1) is 0 Å². The third kappa shape index (κ3) is 5.89. The van der Waals surface area contributed by atoms with Gasteiger partial charge in [0.15, 0.2) is 5.69 Å². The molecule has 0 bridgehead atoms. The van der Waals surface area contributed by atoms with Gasteiger partial charge in [-0.3, -0.25) is 14.5 Å². The fourth-order valence-corrected chi connectivity index (χ4v) is 4.60. The number of ether oxygens (including phenoxy) is 1. The number of nitrogens with one attached hydrogen (secondary N) is 2. The summed E-state index contributed by atoms with van der Waals surface area (Å²) in [4.78, 5) is 28.0. The molecule has 0 aliphatic carbocycles. The van der Waals surface area contributed by atoms with Gasteiger partial charge in [-0.25, -0.2) is 0 Å². The second-order valence-corrected chi connectivity index (χ2v) is 9.11. The lowest BCUT2D eigenvalue weighted by atomic mass is 10.1. The molecule has 3 heterocycles. The highest BCUT2D eigenvalue weighted by atomic mass is 16.5. The quantitative estimate of drug-likeness (QED) is 0.519. The highest BCUT2D eigenvalue weighted by molar-refractivity contribution is 6.01. The lowest BCUT2D eigenvalue weighted by Crippen LogP contribution is -2.43. The van der Waals surface area contributed by atoms with E-state index in [4.69, 9.17) is 9.26 Å². The van der Waals surface area contributed by atoms with Crippen LogP contribution < -0.4 is 15.4 Å².